The second kappa shape index (κ2) is 12.3. The number of para-hydroxylation sites is 1. The first-order valence-electron chi connectivity index (χ1n) is 9.83. The number of carbonyl (C=O) groups is 2. The molecule has 0 unspecified atom stereocenters. The van der Waals surface area contributed by atoms with Crippen LogP contribution >= 0.6 is 0 Å². The molecule has 11 nitrogen and oxygen atoms in total. The van der Waals surface area contributed by atoms with Crippen molar-refractivity contribution < 1.29 is 14.3 Å². The molecule has 1 atom stereocenters. The Kier molecular flexibility index (Phi) is 9.49. The summed E-state index contributed by atoms with van der Waals surface area (Å²) < 4.78 is 5.26. The zero-order chi connectivity index (χ0) is 22.6. The predicted octanol–water partition coefficient (Wildman–Crippen LogP) is 1.60. The summed E-state index contributed by atoms with van der Waals surface area (Å²) in [7, 11) is 1.64. The molecule has 0 bridgehead atoms. The van der Waals surface area contributed by atoms with Crippen LogP contribution in [0.4, 0.5) is 23.0 Å². The summed E-state index contributed by atoms with van der Waals surface area (Å²) in [4.78, 5) is 28.0. The topological polar surface area (TPSA) is 183 Å². The second-order valence-electron chi connectivity index (χ2n) is 6.65. The van der Waals surface area contributed by atoms with Crippen molar-refractivity contribution in [1.82, 2.24) is 10.3 Å². The van der Waals surface area contributed by atoms with E-state index in [1.54, 1.807) is 43.4 Å². The van der Waals surface area contributed by atoms with Gasteiger partial charge in [0.2, 0.25) is 5.91 Å². The Hall–Kier alpha value is -3.41. The highest BCUT2D eigenvalue weighted by atomic mass is 16.5. The van der Waals surface area contributed by atoms with Crippen LogP contribution in [0.2, 0.25) is 0 Å². The lowest BCUT2D eigenvalue weighted by Gasteiger charge is -2.12. The van der Waals surface area contributed by atoms with E-state index in [-0.39, 0.29) is 29.8 Å². The van der Waals surface area contributed by atoms with Crippen LogP contribution in [0.5, 0.6) is 5.75 Å². The number of hydrogen-bond acceptors (Lipinski definition) is 10. The minimum absolute atomic E-state index is 0.0617. The van der Waals surface area contributed by atoms with Crippen LogP contribution in [0, 0.1) is 0 Å². The lowest BCUT2D eigenvalue weighted by Crippen LogP contribution is -2.35. The molecule has 0 aliphatic heterocycles. The van der Waals surface area contributed by atoms with Gasteiger partial charge in [-0.15, -0.1) is 10.2 Å². The number of amides is 1. The Bertz CT molecular complexity index is 919. The molecular formula is C20H28N8O3. The number of nitrogens with two attached hydrogens (primary N) is 3. The molecule has 8 N–H and O–H groups in total. The highest BCUT2D eigenvalue weighted by Gasteiger charge is 2.14. The van der Waals surface area contributed by atoms with Gasteiger partial charge in [-0.05, 0) is 50.7 Å². The average Bonchev–Trinajstić information content (AvgIpc) is 2.74. The normalized spacial score (nSPS) is 12.0. The molecule has 0 aliphatic rings. The molecule has 0 aliphatic carbocycles. The molecule has 1 aromatic heterocycles. The molecule has 1 aromatic carbocycles. The number of benzene rings is 1. The molecule has 1 amide bonds. The highest BCUT2D eigenvalue weighted by molar-refractivity contribution is 5.94. The maximum atomic E-state index is 12.1. The monoisotopic (exact) mass is 428 g/mol. The number of esters is 1. The van der Waals surface area contributed by atoms with E-state index in [0.29, 0.717) is 24.3 Å². The molecule has 0 spiro atoms. The minimum atomic E-state index is -0.656. The molecule has 31 heavy (non-hydrogen) atoms. The number of rotatable bonds is 11. The third-order valence-corrected chi connectivity index (χ3v) is 4.14. The molecule has 0 saturated heterocycles. The molecule has 1 heterocycles. The van der Waals surface area contributed by atoms with Crippen molar-refractivity contribution in [3.8, 4) is 5.75 Å². The van der Waals surface area contributed by atoms with Crippen molar-refractivity contribution in [1.29, 1.82) is 0 Å². The molecule has 11 heteroatoms. The molecule has 166 valence electrons. The number of aromatic nitrogens is 1. The van der Waals surface area contributed by atoms with Crippen molar-refractivity contribution in [3.63, 3.8) is 0 Å². The highest BCUT2D eigenvalue weighted by Crippen LogP contribution is 2.30. The zero-order valence-corrected chi connectivity index (χ0v) is 17.4. The second-order valence-corrected chi connectivity index (χ2v) is 6.65. The number of nitrogens with zero attached hydrogens (tertiary/aromatic N) is 3. The molecule has 0 saturated carbocycles. The van der Waals surface area contributed by atoms with Gasteiger partial charge in [0.15, 0.2) is 11.6 Å². The molecule has 0 radical (unpaired) electrons. The van der Waals surface area contributed by atoms with Crippen LogP contribution in [0.25, 0.3) is 0 Å². The van der Waals surface area contributed by atoms with Crippen LogP contribution in [0.15, 0.2) is 46.6 Å². The summed E-state index contributed by atoms with van der Waals surface area (Å²) in [5, 5.41) is 13.5. The van der Waals surface area contributed by atoms with Gasteiger partial charge in [-0.1, -0.05) is 18.6 Å². The van der Waals surface area contributed by atoms with Gasteiger partial charge in [0, 0.05) is 0 Å². The Balaban J connectivity index is 2.05. The summed E-state index contributed by atoms with van der Waals surface area (Å²) in [5.41, 5.74) is 17.9. The first kappa shape index (κ1) is 23.9. The predicted molar refractivity (Wildman–Crippen MR) is 118 cm³/mol. The summed E-state index contributed by atoms with van der Waals surface area (Å²) in [6.07, 6.45) is 2.11. The lowest BCUT2D eigenvalue weighted by molar-refractivity contribution is -0.133. The van der Waals surface area contributed by atoms with Gasteiger partial charge in [0.05, 0.1) is 12.6 Å². The first-order valence-corrected chi connectivity index (χ1v) is 9.83. The molecule has 2 rings (SSSR count). The molecule has 2 aromatic rings. The number of likely N-dealkylation sites (N-methyl/N-ethyl adjacent to an activating group) is 1. The third-order valence-electron chi connectivity index (χ3n) is 4.14. The van der Waals surface area contributed by atoms with Crippen molar-refractivity contribution in [3.05, 3.63) is 36.4 Å². The summed E-state index contributed by atoms with van der Waals surface area (Å²) >= 11 is 0. The van der Waals surface area contributed by atoms with Crippen LogP contribution in [0.1, 0.15) is 19.3 Å². The van der Waals surface area contributed by atoms with Gasteiger partial charge in [-0.3, -0.25) is 9.59 Å². The van der Waals surface area contributed by atoms with Crippen molar-refractivity contribution in [2.24, 2.45) is 21.7 Å². The van der Waals surface area contributed by atoms with Gasteiger partial charge < -0.3 is 32.6 Å². The smallest absolute Gasteiger partial charge is 0.325 e. The first-order chi connectivity index (χ1) is 14.9. The van der Waals surface area contributed by atoms with Crippen molar-refractivity contribution >= 4 is 34.9 Å². The Morgan fingerprint density at radius 3 is 2.58 bits per heavy atom. The average molecular weight is 428 g/mol. The number of hydrogen-bond donors (Lipinski definition) is 5. The van der Waals surface area contributed by atoms with Gasteiger partial charge in [-0.25, -0.2) is 4.98 Å². The fraction of sp³-hybridized carbons (Fsp3) is 0.350. The summed E-state index contributed by atoms with van der Waals surface area (Å²) in [5.74, 6) is -0.200. The van der Waals surface area contributed by atoms with Crippen LogP contribution < -0.4 is 32.6 Å². The van der Waals surface area contributed by atoms with Gasteiger partial charge in [-0.2, -0.15) is 0 Å². The minimum Gasteiger partial charge on any atom is -0.423 e. The van der Waals surface area contributed by atoms with E-state index in [1.165, 1.54) is 0 Å². The fourth-order valence-corrected chi connectivity index (χ4v) is 2.52. The molecule has 0 fully saturated rings. The van der Waals surface area contributed by atoms with Gasteiger partial charge in [0.25, 0.3) is 0 Å². The van der Waals surface area contributed by atoms with E-state index in [1.807, 2.05) is 0 Å². The van der Waals surface area contributed by atoms with Crippen molar-refractivity contribution in [2.75, 3.05) is 31.2 Å². The van der Waals surface area contributed by atoms with Gasteiger partial charge >= 0.3 is 5.97 Å². The summed E-state index contributed by atoms with van der Waals surface area (Å²) in [6.45, 7) is 0.623. The SMILES string of the molecule is CNCC(=O)Oc1ccccc1/N=N/c1ccc(NC(=O)[C@@H](N)CCCCN)nc1N. The number of anilines is 2. The van der Waals surface area contributed by atoms with E-state index < -0.39 is 12.0 Å². The largest absolute Gasteiger partial charge is 0.423 e. The standard InChI is InChI=1S/C20H28N8O3/c1-24-12-18(29)31-16-8-3-2-7-14(16)27-28-15-9-10-17(25-19(15)23)26-20(30)13(22)6-4-5-11-21/h2-3,7-10,13,24H,4-6,11-12,21-22H2,1H3,(H3,23,25,26,30)/b28-27+/t13-/m0/s1. The van der Waals surface area contributed by atoms with E-state index in [2.05, 4.69) is 25.8 Å². The fourth-order valence-electron chi connectivity index (χ4n) is 2.52. The quantitative estimate of drug-likeness (QED) is 0.155. The number of nitrogens with one attached hydrogen (secondary N) is 2. The number of pyridine rings is 1. The van der Waals surface area contributed by atoms with Crippen LogP contribution in [-0.4, -0.2) is 43.0 Å². The summed E-state index contributed by atoms with van der Waals surface area (Å²) in [6, 6.07) is 9.17. The number of carbonyl (C=O) groups excluding carboxylic acids is 2. The van der Waals surface area contributed by atoms with E-state index in [9.17, 15) is 9.59 Å². The maximum Gasteiger partial charge on any atom is 0.325 e. The molecular weight excluding hydrogens is 400 g/mol. The lowest BCUT2D eigenvalue weighted by atomic mass is 10.1. The van der Waals surface area contributed by atoms with E-state index >= 15 is 0 Å². The van der Waals surface area contributed by atoms with Gasteiger partial charge in [0.1, 0.15) is 17.2 Å². The number of ether oxygens (including phenoxy) is 1. The van der Waals surface area contributed by atoms with E-state index in [0.717, 1.165) is 12.8 Å². The Morgan fingerprint density at radius 2 is 1.87 bits per heavy atom. The Labute approximate surface area is 180 Å². The third kappa shape index (κ3) is 7.74. The zero-order valence-electron chi connectivity index (χ0n) is 17.4. The Morgan fingerprint density at radius 1 is 1.13 bits per heavy atom. The maximum absolute atomic E-state index is 12.1. The van der Waals surface area contributed by atoms with Crippen molar-refractivity contribution in [2.45, 2.75) is 25.3 Å². The van der Waals surface area contributed by atoms with Crippen LogP contribution in [-0.2, 0) is 9.59 Å². The number of azo groups is 1. The number of unbranched alkanes of at least 4 members (excludes halogenated alkanes) is 1. The van der Waals surface area contributed by atoms with Crippen LogP contribution in [0.3, 0.4) is 0 Å². The van der Waals surface area contributed by atoms with E-state index in [4.69, 9.17) is 21.9 Å². The number of nitrogen functional groups attached to an aromatic ring is 1.